The number of ether oxygens (including phenoxy) is 1. The Bertz CT molecular complexity index is 821. The number of halogens is 5. The van der Waals surface area contributed by atoms with Crippen molar-refractivity contribution in [3.05, 3.63) is 53.2 Å². The zero-order chi connectivity index (χ0) is 20.7. The van der Waals surface area contributed by atoms with Crippen LogP contribution in [-0.2, 0) is 12.6 Å². The summed E-state index contributed by atoms with van der Waals surface area (Å²) in [7, 11) is 3.78. The Hall–Kier alpha value is -2.07. The average Bonchev–Trinajstić information content (AvgIpc) is 2.61. The van der Waals surface area contributed by atoms with E-state index in [4.69, 9.17) is 10.5 Å². The monoisotopic (exact) mass is 468 g/mol. The predicted molar refractivity (Wildman–Crippen MR) is 114 cm³/mol. The highest BCUT2D eigenvalue weighted by atomic mass is 35.5. The van der Waals surface area contributed by atoms with Gasteiger partial charge in [-0.15, -0.1) is 24.8 Å². The molecule has 1 aromatic carbocycles. The summed E-state index contributed by atoms with van der Waals surface area (Å²) in [4.78, 5) is 17.7. The van der Waals surface area contributed by atoms with Crippen LogP contribution in [0.1, 0.15) is 21.6 Å². The van der Waals surface area contributed by atoms with Gasteiger partial charge in [0.1, 0.15) is 11.4 Å². The molecule has 1 heterocycles. The molecule has 11 heteroatoms. The van der Waals surface area contributed by atoms with E-state index < -0.39 is 11.9 Å². The molecule has 0 bridgehead atoms. The van der Waals surface area contributed by atoms with Gasteiger partial charge in [0.05, 0.1) is 0 Å². The Morgan fingerprint density at radius 2 is 1.90 bits per heavy atom. The number of rotatable bonds is 8. The smallest absolute Gasteiger partial charge is 0.433 e. The number of carbonyl (C=O) groups excluding carboxylic acids is 1. The summed E-state index contributed by atoms with van der Waals surface area (Å²) in [5.41, 5.74) is 5.11. The van der Waals surface area contributed by atoms with Crippen LogP contribution in [0.4, 0.5) is 13.2 Å². The fraction of sp³-hybridized carbons (Fsp3) is 0.368. The number of hydrogen-bond acceptors (Lipinski definition) is 5. The van der Waals surface area contributed by atoms with Gasteiger partial charge in [-0.25, -0.2) is 4.98 Å². The standard InChI is InChI=1S/C19H23F3N4O2.2ClH/c1-26(2)9-8-24-18(27)14-4-3-5-15(12-14)28-17-11-13(6-7-23)10-16(25-17)19(20,21)22;;/h3-5,10-12H,6-9,23H2,1-2H3,(H,24,27);2*1H. The molecule has 6 nitrogen and oxygen atoms in total. The molecule has 2 rings (SSSR count). The third-order valence-corrected chi connectivity index (χ3v) is 3.75. The second kappa shape index (κ2) is 12.6. The summed E-state index contributed by atoms with van der Waals surface area (Å²) in [5.74, 6) is -0.289. The van der Waals surface area contributed by atoms with Gasteiger partial charge < -0.3 is 20.7 Å². The van der Waals surface area contributed by atoms with E-state index in [0.717, 1.165) is 6.07 Å². The van der Waals surface area contributed by atoms with Gasteiger partial charge in [0.2, 0.25) is 5.88 Å². The van der Waals surface area contributed by atoms with Crippen molar-refractivity contribution in [3.8, 4) is 11.6 Å². The van der Waals surface area contributed by atoms with E-state index >= 15 is 0 Å². The number of pyridine rings is 1. The molecule has 0 saturated heterocycles. The van der Waals surface area contributed by atoms with Crippen LogP contribution in [-0.4, -0.2) is 49.5 Å². The van der Waals surface area contributed by atoms with E-state index in [9.17, 15) is 18.0 Å². The van der Waals surface area contributed by atoms with Crippen LogP contribution in [0.15, 0.2) is 36.4 Å². The third-order valence-electron chi connectivity index (χ3n) is 3.75. The highest BCUT2D eigenvalue weighted by Gasteiger charge is 2.33. The molecule has 0 unspecified atom stereocenters. The molecule has 1 amide bonds. The maximum atomic E-state index is 13.1. The minimum Gasteiger partial charge on any atom is -0.439 e. The van der Waals surface area contributed by atoms with Crippen molar-refractivity contribution < 1.29 is 22.7 Å². The van der Waals surface area contributed by atoms with E-state index in [0.29, 0.717) is 24.2 Å². The molecule has 30 heavy (non-hydrogen) atoms. The Labute approximate surface area is 185 Å². The molecule has 0 aliphatic rings. The van der Waals surface area contributed by atoms with Gasteiger partial charge in [-0.1, -0.05) is 6.07 Å². The molecular formula is C19H25Cl2F3N4O2. The molecular weight excluding hydrogens is 444 g/mol. The SMILES string of the molecule is CN(C)CCNC(=O)c1cccc(Oc2cc(CCN)cc(C(F)(F)F)n2)c1.Cl.Cl. The van der Waals surface area contributed by atoms with Crippen molar-refractivity contribution in [2.45, 2.75) is 12.6 Å². The summed E-state index contributed by atoms with van der Waals surface area (Å²) in [6.07, 6.45) is -4.34. The van der Waals surface area contributed by atoms with Crippen molar-refractivity contribution in [1.82, 2.24) is 15.2 Å². The molecule has 0 saturated carbocycles. The summed E-state index contributed by atoms with van der Waals surface area (Å²) < 4.78 is 44.7. The summed E-state index contributed by atoms with van der Waals surface area (Å²) in [6.45, 7) is 1.35. The number of aromatic nitrogens is 1. The summed E-state index contributed by atoms with van der Waals surface area (Å²) in [5, 5.41) is 2.76. The molecule has 0 aliphatic heterocycles. The first-order valence-electron chi connectivity index (χ1n) is 8.68. The molecule has 0 spiro atoms. The summed E-state index contributed by atoms with van der Waals surface area (Å²) >= 11 is 0. The third kappa shape index (κ3) is 8.74. The molecule has 2 aromatic rings. The van der Waals surface area contributed by atoms with Crippen molar-refractivity contribution in [2.24, 2.45) is 5.73 Å². The molecule has 168 valence electrons. The van der Waals surface area contributed by atoms with Gasteiger partial charge in [-0.05, 0) is 56.9 Å². The fourth-order valence-electron chi connectivity index (χ4n) is 2.38. The zero-order valence-electron chi connectivity index (χ0n) is 16.5. The minimum absolute atomic E-state index is 0. The number of benzene rings is 1. The maximum absolute atomic E-state index is 13.1. The van der Waals surface area contributed by atoms with Gasteiger partial charge in [0.25, 0.3) is 5.91 Å². The van der Waals surface area contributed by atoms with Crippen LogP contribution in [0.3, 0.4) is 0 Å². The number of nitrogens with zero attached hydrogens (tertiary/aromatic N) is 2. The molecule has 0 atom stereocenters. The quantitative estimate of drug-likeness (QED) is 0.619. The number of alkyl halides is 3. The Balaban J connectivity index is 0.00000420. The first kappa shape index (κ1) is 27.9. The average molecular weight is 469 g/mol. The molecule has 1 aromatic heterocycles. The molecule has 0 radical (unpaired) electrons. The van der Waals surface area contributed by atoms with E-state index in [-0.39, 0.29) is 55.3 Å². The normalized spacial score (nSPS) is 10.8. The van der Waals surface area contributed by atoms with Gasteiger partial charge >= 0.3 is 6.18 Å². The van der Waals surface area contributed by atoms with E-state index in [1.54, 1.807) is 18.2 Å². The number of nitrogens with two attached hydrogens (primary N) is 1. The second-order valence-corrected chi connectivity index (χ2v) is 6.42. The second-order valence-electron chi connectivity index (χ2n) is 6.42. The van der Waals surface area contributed by atoms with Gasteiger partial charge in [-0.2, -0.15) is 13.2 Å². The van der Waals surface area contributed by atoms with Crippen molar-refractivity contribution in [3.63, 3.8) is 0 Å². The number of carbonyl (C=O) groups is 1. The van der Waals surface area contributed by atoms with Crippen molar-refractivity contribution >= 4 is 30.7 Å². The van der Waals surface area contributed by atoms with Crippen molar-refractivity contribution in [1.29, 1.82) is 0 Å². The van der Waals surface area contributed by atoms with E-state index in [1.165, 1.54) is 12.1 Å². The Morgan fingerprint density at radius 1 is 1.20 bits per heavy atom. The highest BCUT2D eigenvalue weighted by molar-refractivity contribution is 5.94. The number of amides is 1. The number of likely N-dealkylation sites (N-methyl/N-ethyl adjacent to an activating group) is 1. The lowest BCUT2D eigenvalue weighted by Crippen LogP contribution is -2.31. The van der Waals surface area contributed by atoms with Crippen LogP contribution in [0.2, 0.25) is 0 Å². The molecule has 3 N–H and O–H groups in total. The lowest BCUT2D eigenvalue weighted by molar-refractivity contribution is -0.141. The lowest BCUT2D eigenvalue weighted by atomic mass is 10.1. The van der Waals surface area contributed by atoms with Gasteiger partial charge in [-0.3, -0.25) is 4.79 Å². The topological polar surface area (TPSA) is 80.5 Å². The maximum Gasteiger partial charge on any atom is 0.433 e. The van der Waals surface area contributed by atoms with E-state index in [2.05, 4.69) is 10.3 Å². The molecule has 0 aliphatic carbocycles. The summed E-state index contributed by atoms with van der Waals surface area (Å²) in [6, 6.07) is 8.54. The lowest BCUT2D eigenvalue weighted by Gasteiger charge is -2.13. The zero-order valence-corrected chi connectivity index (χ0v) is 18.2. The number of nitrogens with one attached hydrogen (secondary N) is 1. The Kier molecular flexibility index (Phi) is 11.7. The van der Waals surface area contributed by atoms with E-state index in [1.807, 2.05) is 19.0 Å². The predicted octanol–water partition coefficient (Wildman–Crippen LogP) is 3.53. The highest BCUT2D eigenvalue weighted by Crippen LogP contribution is 2.31. The first-order valence-corrected chi connectivity index (χ1v) is 8.68. The van der Waals surface area contributed by atoms with Crippen LogP contribution >= 0.6 is 24.8 Å². The largest absolute Gasteiger partial charge is 0.439 e. The Morgan fingerprint density at radius 3 is 2.50 bits per heavy atom. The van der Waals surface area contributed by atoms with Crippen LogP contribution in [0, 0.1) is 0 Å². The first-order chi connectivity index (χ1) is 13.2. The van der Waals surface area contributed by atoms with Crippen molar-refractivity contribution in [2.75, 3.05) is 33.7 Å². The van der Waals surface area contributed by atoms with Crippen LogP contribution in [0.5, 0.6) is 11.6 Å². The van der Waals surface area contributed by atoms with Crippen LogP contribution in [0.25, 0.3) is 0 Å². The fourth-order valence-corrected chi connectivity index (χ4v) is 2.38. The number of hydrogen-bond donors (Lipinski definition) is 2. The van der Waals surface area contributed by atoms with Gasteiger partial charge in [0.15, 0.2) is 0 Å². The van der Waals surface area contributed by atoms with Gasteiger partial charge in [0, 0.05) is 24.7 Å². The molecule has 0 fully saturated rings. The minimum atomic E-state index is -4.60. The van der Waals surface area contributed by atoms with Crippen LogP contribution < -0.4 is 15.8 Å².